The molecule has 21 heavy (non-hydrogen) atoms. The number of sulfone groups is 1. The number of esters is 1. The molecule has 114 valence electrons. The largest absolute Gasteiger partial charge is 0.452 e. The van der Waals surface area contributed by atoms with E-state index in [0.717, 1.165) is 0 Å². The van der Waals surface area contributed by atoms with Gasteiger partial charge in [0.2, 0.25) is 0 Å². The number of carbonyl (C=O) groups is 2. The predicted octanol–water partition coefficient (Wildman–Crippen LogP) is 0.800. The van der Waals surface area contributed by atoms with Crippen LogP contribution in [0.15, 0.2) is 24.3 Å². The second-order valence-corrected chi connectivity index (χ2v) is 7.36. The van der Waals surface area contributed by atoms with Crippen molar-refractivity contribution in [1.29, 1.82) is 0 Å². The summed E-state index contributed by atoms with van der Waals surface area (Å²) in [6, 6.07) is 5.92. The lowest BCUT2D eigenvalue weighted by molar-refractivity contribution is -0.124. The van der Waals surface area contributed by atoms with Gasteiger partial charge in [0.1, 0.15) is 0 Å². The summed E-state index contributed by atoms with van der Waals surface area (Å²) in [5.41, 5.74) is 0.176. The number of hydrogen-bond acceptors (Lipinski definition) is 5. The van der Waals surface area contributed by atoms with E-state index in [4.69, 9.17) is 16.3 Å². The first kappa shape index (κ1) is 15.8. The van der Waals surface area contributed by atoms with Crippen molar-refractivity contribution < 1.29 is 22.7 Å². The molecule has 1 aliphatic heterocycles. The molecular formula is C13H14ClNO5S. The van der Waals surface area contributed by atoms with Crippen LogP contribution in [0.5, 0.6) is 0 Å². The third kappa shape index (κ3) is 4.44. The molecule has 0 unspecified atom stereocenters. The number of hydrogen-bond donors (Lipinski definition) is 1. The maximum Gasteiger partial charge on any atom is 0.340 e. The Balaban J connectivity index is 1.82. The van der Waals surface area contributed by atoms with E-state index >= 15 is 0 Å². The zero-order chi connectivity index (χ0) is 15.5. The van der Waals surface area contributed by atoms with Gasteiger partial charge in [-0.05, 0) is 18.6 Å². The van der Waals surface area contributed by atoms with E-state index in [9.17, 15) is 18.0 Å². The zero-order valence-electron chi connectivity index (χ0n) is 11.0. The van der Waals surface area contributed by atoms with Gasteiger partial charge >= 0.3 is 5.97 Å². The van der Waals surface area contributed by atoms with Crippen molar-refractivity contribution in [3.05, 3.63) is 34.9 Å². The van der Waals surface area contributed by atoms with Gasteiger partial charge in [0.05, 0.1) is 22.1 Å². The van der Waals surface area contributed by atoms with Crippen LogP contribution in [0.2, 0.25) is 5.02 Å². The summed E-state index contributed by atoms with van der Waals surface area (Å²) in [7, 11) is -3.06. The number of amides is 1. The third-order valence-electron chi connectivity index (χ3n) is 3.03. The Hall–Kier alpha value is -1.60. The maximum absolute atomic E-state index is 11.7. The first-order valence-corrected chi connectivity index (χ1v) is 8.49. The van der Waals surface area contributed by atoms with E-state index in [1.54, 1.807) is 18.2 Å². The lowest BCUT2D eigenvalue weighted by Crippen LogP contribution is -2.38. The Morgan fingerprint density at radius 3 is 2.67 bits per heavy atom. The maximum atomic E-state index is 11.7. The van der Waals surface area contributed by atoms with Crippen LogP contribution in [0.1, 0.15) is 16.8 Å². The molecule has 0 spiro atoms. The molecule has 0 aromatic heterocycles. The van der Waals surface area contributed by atoms with Crippen LogP contribution in [0, 0.1) is 0 Å². The van der Waals surface area contributed by atoms with Crippen molar-refractivity contribution in [2.45, 2.75) is 12.5 Å². The average Bonchev–Trinajstić information content (AvgIpc) is 2.75. The minimum Gasteiger partial charge on any atom is -0.452 e. The third-order valence-corrected chi connectivity index (χ3v) is 5.12. The van der Waals surface area contributed by atoms with E-state index in [2.05, 4.69) is 5.32 Å². The molecule has 1 saturated heterocycles. The van der Waals surface area contributed by atoms with Gasteiger partial charge in [-0.2, -0.15) is 0 Å². The van der Waals surface area contributed by atoms with Gasteiger partial charge in [-0.15, -0.1) is 0 Å². The van der Waals surface area contributed by atoms with Crippen LogP contribution in [0.3, 0.4) is 0 Å². The molecule has 1 fully saturated rings. The predicted molar refractivity (Wildman–Crippen MR) is 76.9 cm³/mol. The number of halogens is 1. The first-order valence-electron chi connectivity index (χ1n) is 6.29. The molecule has 1 amide bonds. The molecule has 1 atom stereocenters. The van der Waals surface area contributed by atoms with Crippen LogP contribution in [-0.4, -0.2) is 44.4 Å². The minimum atomic E-state index is -3.06. The van der Waals surface area contributed by atoms with Crippen LogP contribution in [-0.2, 0) is 19.4 Å². The Bertz CT molecular complexity index is 658. The first-order chi connectivity index (χ1) is 9.87. The molecule has 1 aromatic carbocycles. The SMILES string of the molecule is O=C(COC(=O)c1ccccc1Cl)N[C@H]1CCS(=O)(=O)C1. The van der Waals surface area contributed by atoms with Crippen molar-refractivity contribution in [2.75, 3.05) is 18.1 Å². The van der Waals surface area contributed by atoms with E-state index in [-0.39, 0.29) is 22.1 Å². The quantitative estimate of drug-likeness (QED) is 0.824. The summed E-state index contributed by atoms with van der Waals surface area (Å²) in [6.07, 6.45) is 0.381. The molecule has 0 radical (unpaired) electrons. The summed E-state index contributed by atoms with van der Waals surface area (Å²) in [6.45, 7) is -0.472. The van der Waals surface area contributed by atoms with Crippen LogP contribution in [0.25, 0.3) is 0 Å². The molecule has 6 nitrogen and oxygen atoms in total. The monoisotopic (exact) mass is 331 g/mol. The van der Waals surface area contributed by atoms with Crippen molar-refractivity contribution >= 4 is 33.3 Å². The molecule has 1 aliphatic rings. The van der Waals surface area contributed by atoms with Gasteiger partial charge in [-0.25, -0.2) is 13.2 Å². The summed E-state index contributed by atoms with van der Waals surface area (Å²) in [5.74, 6) is -1.23. The van der Waals surface area contributed by atoms with Crippen molar-refractivity contribution in [3.63, 3.8) is 0 Å². The Kier molecular flexibility index (Phi) is 4.84. The smallest absolute Gasteiger partial charge is 0.340 e. The Morgan fingerprint density at radius 2 is 2.05 bits per heavy atom. The number of rotatable bonds is 4. The van der Waals surface area contributed by atoms with Crippen molar-refractivity contribution in [2.24, 2.45) is 0 Å². The standard InChI is InChI=1S/C13H14ClNO5S/c14-11-4-2-1-3-10(11)13(17)20-7-12(16)15-9-5-6-21(18,19)8-9/h1-4,9H,5-8H2,(H,15,16)/t9-/m0/s1. The molecule has 0 bridgehead atoms. The van der Waals surface area contributed by atoms with Crippen LogP contribution >= 0.6 is 11.6 Å². The summed E-state index contributed by atoms with van der Waals surface area (Å²) < 4.78 is 27.4. The highest BCUT2D eigenvalue weighted by Crippen LogP contribution is 2.16. The van der Waals surface area contributed by atoms with Gasteiger partial charge in [0.25, 0.3) is 5.91 Å². The van der Waals surface area contributed by atoms with E-state index < -0.39 is 34.4 Å². The molecule has 8 heteroatoms. The fraction of sp³-hybridized carbons (Fsp3) is 0.385. The van der Waals surface area contributed by atoms with Crippen LogP contribution in [0.4, 0.5) is 0 Å². The van der Waals surface area contributed by atoms with E-state index in [1.807, 2.05) is 0 Å². The normalized spacial score (nSPS) is 20.0. The molecule has 1 N–H and O–H groups in total. The summed E-state index contributed by atoms with van der Waals surface area (Å²) in [5, 5.41) is 2.77. The lowest BCUT2D eigenvalue weighted by Gasteiger charge is -2.11. The summed E-state index contributed by atoms with van der Waals surface area (Å²) in [4.78, 5) is 23.3. The molecular weight excluding hydrogens is 318 g/mol. The van der Waals surface area contributed by atoms with E-state index in [0.29, 0.717) is 6.42 Å². The highest BCUT2D eigenvalue weighted by Gasteiger charge is 2.29. The average molecular weight is 332 g/mol. The highest BCUT2D eigenvalue weighted by atomic mass is 35.5. The van der Waals surface area contributed by atoms with E-state index in [1.165, 1.54) is 6.07 Å². The van der Waals surface area contributed by atoms with Gasteiger partial charge in [-0.1, -0.05) is 23.7 Å². The number of nitrogens with one attached hydrogen (secondary N) is 1. The van der Waals surface area contributed by atoms with Gasteiger partial charge in [0.15, 0.2) is 16.4 Å². The van der Waals surface area contributed by atoms with Crippen molar-refractivity contribution in [3.8, 4) is 0 Å². The van der Waals surface area contributed by atoms with Crippen LogP contribution < -0.4 is 5.32 Å². The molecule has 0 saturated carbocycles. The highest BCUT2D eigenvalue weighted by molar-refractivity contribution is 7.91. The summed E-state index contributed by atoms with van der Waals surface area (Å²) >= 11 is 5.84. The van der Waals surface area contributed by atoms with Gasteiger partial charge in [0, 0.05) is 6.04 Å². The fourth-order valence-electron chi connectivity index (χ4n) is 2.01. The number of carbonyl (C=O) groups excluding carboxylic acids is 2. The second-order valence-electron chi connectivity index (χ2n) is 4.72. The van der Waals surface area contributed by atoms with Crippen molar-refractivity contribution in [1.82, 2.24) is 5.32 Å². The second kappa shape index (κ2) is 6.44. The molecule has 2 rings (SSSR count). The Morgan fingerprint density at radius 1 is 1.33 bits per heavy atom. The fourth-order valence-corrected chi connectivity index (χ4v) is 3.90. The molecule has 0 aliphatic carbocycles. The number of benzene rings is 1. The van der Waals surface area contributed by atoms with Gasteiger partial charge in [-0.3, -0.25) is 4.79 Å². The minimum absolute atomic E-state index is 0.0668. The Labute approximate surface area is 127 Å². The lowest BCUT2D eigenvalue weighted by atomic mass is 10.2. The number of ether oxygens (including phenoxy) is 1. The molecule has 1 aromatic rings. The van der Waals surface area contributed by atoms with Gasteiger partial charge < -0.3 is 10.1 Å². The molecule has 1 heterocycles. The zero-order valence-corrected chi connectivity index (χ0v) is 12.6. The topological polar surface area (TPSA) is 89.5 Å².